The van der Waals surface area contributed by atoms with Crippen LogP contribution in [-0.4, -0.2) is 47.5 Å². The van der Waals surface area contributed by atoms with E-state index in [2.05, 4.69) is 4.90 Å². The Hall–Kier alpha value is -0.120. The molecule has 3 nitrogen and oxygen atoms in total. The van der Waals surface area contributed by atoms with Crippen LogP contribution in [-0.2, 0) is 0 Å². The summed E-state index contributed by atoms with van der Waals surface area (Å²) in [4.78, 5) is 2.37. The van der Waals surface area contributed by atoms with Crippen LogP contribution in [0.2, 0.25) is 0 Å². The molecule has 1 rings (SSSR count). The average molecular weight is 187 g/mol. The second kappa shape index (κ2) is 5.58. The van der Waals surface area contributed by atoms with Gasteiger partial charge in [0.05, 0.1) is 6.10 Å². The first-order valence-corrected chi connectivity index (χ1v) is 5.23. The maximum absolute atomic E-state index is 9.11. The number of aliphatic hydroxyl groups is 2. The Morgan fingerprint density at radius 2 is 2.00 bits per heavy atom. The van der Waals surface area contributed by atoms with E-state index in [-0.39, 0.29) is 6.10 Å². The zero-order valence-electron chi connectivity index (χ0n) is 8.45. The molecular formula is C10H21NO2. The topological polar surface area (TPSA) is 43.7 Å². The van der Waals surface area contributed by atoms with Crippen molar-refractivity contribution in [2.24, 2.45) is 5.92 Å². The molecule has 0 aliphatic carbocycles. The highest BCUT2D eigenvalue weighted by Crippen LogP contribution is 2.16. The van der Waals surface area contributed by atoms with Crippen molar-refractivity contribution in [1.29, 1.82) is 0 Å². The van der Waals surface area contributed by atoms with Crippen molar-refractivity contribution in [3.63, 3.8) is 0 Å². The van der Waals surface area contributed by atoms with Crippen LogP contribution in [0.5, 0.6) is 0 Å². The molecule has 0 saturated carbocycles. The minimum absolute atomic E-state index is 0.185. The van der Waals surface area contributed by atoms with Crippen molar-refractivity contribution in [1.82, 2.24) is 4.90 Å². The van der Waals surface area contributed by atoms with E-state index in [1.165, 1.54) is 0 Å². The minimum atomic E-state index is -0.185. The lowest BCUT2D eigenvalue weighted by atomic mass is 9.98. The largest absolute Gasteiger partial charge is 0.396 e. The fourth-order valence-corrected chi connectivity index (χ4v) is 1.76. The highest BCUT2D eigenvalue weighted by molar-refractivity contribution is 4.71. The second-order valence-corrected chi connectivity index (χ2v) is 4.11. The predicted octanol–water partition coefficient (Wildman–Crippen LogP) is 0.462. The first-order chi connectivity index (χ1) is 6.22. The molecule has 1 saturated heterocycles. The zero-order chi connectivity index (χ0) is 9.68. The molecule has 2 N–H and O–H groups in total. The van der Waals surface area contributed by atoms with Crippen LogP contribution in [0.3, 0.4) is 0 Å². The van der Waals surface area contributed by atoms with E-state index < -0.39 is 0 Å². The van der Waals surface area contributed by atoms with E-state index in [0.717, 1.165) is 38.9 Å². The number of hydrogen-bond acceptors (Lipinski definition) is 3. The Bertz CT molecular complexity index is 131. The summed E-state index contributed by atoms with van der Waals surface area (Å²) in [6, 6.07) is 0. The number of rotatable bonds is 4. The van der Waals surface area contributed by atoms with Gasteiger partial charge in [-0.05, 0) is 45.2 Å². The average Bonchev–Trinajstić information content (AvgIpc) is 2.15. The molecule has 1 atom stereocenters. The van der Waals surface area contributed by atoms with E-state index >= 15 is 0 Å². The number of likely N-dealkylation sites (tertiary alicyclic amines) is 1. The fraction of sp³-hybridized carbons (Fsp3) is 1.00. The summed E-state index contributed by atoms with van der Waals surface area (Å²) < 4.78 is 0. The molecule has 0 spiro atoms. The van der Waals surface area contributed by atoms with Crippen molar-refractivity contribution >= 4 is 0 Å². The predicted molar refractivity (Wildman–Crippen MR) is 52.5 cm³/mol. The molecule has 1 aliphatic heterocycles. The smallest absolute Gasteiger partial charge is 0.0524 e. The Kier molecular flexibility index (Phi) is 4.70. The van der Waals surface area contributed by atoms with Crippen LogP contribution in [0, 0.1) is 5.92 Å². The van der Waals surface area contributed by atoms with Gasteiger partial charge in [-0.3, -0.25) is 0 Å². The van der Waals surface area contributed by atoms with Gasteiger partial charge in [0.25, 0.3) is 0 Å². The monoisotopic (exact) mass is 187 g/mol. The summed E-state index contributed by atoms with van der Waals surface area (Å²) >= 11 is 0. The Morgan fingerprint density at radius 1 is 1.38 bits per heavy atom. The molecule has 0 bridgehead atoms. The molecule has 0 aromatic carbocycles. The van der Waals surface area contributed by atoms with Crippen LogP contribution in [0.15, 0.2) is 0 Å². The molecule has 1 unspecified atom stereocenters. The third-order valence-electron chi connectivity index (χ3n) is 2.83. The van der Waals surface area contributed by atoms with Gasteiger partial charge in [-0.25, -0.2) is 0 Å². The molecular weight excluding hydrogens is 166 g/mol. The summed E-state index contributed by atoms with van der Waals surface area (Å²) in [6.45, 7) is 5.33. The quantitative estimate of drug-likeness (QED) is 0.672. The zero-order valence-corrected chi connectivity index (χ0v) is 8.45. The van der Waals surface area contributed by atoms with Gasteiger partial charge >= 0.3 is 0 Å². The Balaban J connectivity index is 2.10. The van der Waals surface area contributed by atoms with Crippen LogP contribution >= 0.6 is 0 Å². The van der Waals surface area contributed by atoms with E-state index in [1.54, 1.807) is 0 Å². The second-order valence-electron chi connectivity index (χ2n) is 4.11. The van der Waals surface area contributed by atoms with E-state index in [1.807, 2.05) is 6.92 Å². The molecule has 3 heteroatoms. The Morgan fingerprint density at radius 3 is 2.46 bits per heavy atom. The summed E-state index contributed by atoms with van der Waals surface area (Å²) in [5.41, 5.74) is 0. The lowest BCUT2D eigenvalue weighted by Crippen LogP contribution is -2.36. The maximum atomic E-state index is 9.11. The normalized spacial score (nSPS) is 23.3. The Labute approximate surface area is 80.4 Å². The van der Waals surface area contributed by atoms with Gasteiger partial charge in [-0.1, -0.05) is 0 Å². The molecule has 0 aromatic heterocycles. The standard InChI is InChI=1S/C10H21NO2/c1-9(13)2-5-11-6-3-10(8-12)4-7-11/h9-10,12-13H,2-8H2,1H3. The number of piperidine rings is 1. The van der Waals surface area contributed by atoms with Gasteiger partial charge < -0.3 is 15.1 Å². The molecule has 0 amide bonds. The fourth-order valence-electron chi connectivity index (χ4n) is 1.76. The molecule has 0 aromatic rings. The molecule has 78 valence electrons. The summed E-state index contributed by atoms with van der Waals surface area (Å²) in [7, 11) is 0. The van der Waals surface area contributed by atoms with Gasteiger partial charge in [0, 0.05) is 13.2 Å². The summed E-state index contributed by atoms with van der Waals surface area (Å²) in [5, 5.41) is 18.1. The van der Waals surface area contributed by atoms with Crippen molar-refractivity contribution in [2.75, 3.05) is 26.2 Å². The van der Waals surface area contributed by atoms with E-state index in [0.29, 0.717) is 12.5 Å². The van der Waals surface area contributed by atoms with Crippen molar-refractivity contribution in [2.45, 2.75) is 32.3 Å². The van der Waals surface area contributed by atoms with Crippen molar-refractivity contribution < 1.29 is 10.2 Å². The lowest BCUT2D eigenvalue weighted by molar-refractivity contribution is 0.110. The first kappa shape index (κ1) is 11.0. The third-order valence-corrected chi connectivity index (χ3v) is 2.83. The first-order valence-electron chi connectivity index (χ1n) is 5.23. The maximum Gasteiger partial charge on any atom is 0.0524 e. The lowest BCUT2D eigenvalue weighted by Gasteiger charge is -2.31. The summed E-state index contributed by atoms with van der Waals surface area (Å²) in [6.07, 6.45) is 2.90. The molecule has 1 heterocycles. The van der Waals surface area contributed by atoms with E-state index in [9.17, 15) is 0 Å². The van der Waals surface area contributed by atoms with Crippen LogP contribution in [0.1, 0.15) is 26.2 Å². The van der Waals surface area contributed by atoms with Gasteiger partial charge in [0.1, 0.15) is 0 Å². The van der Waals surface area contributed by atoms with Crippen LogP contribution < -0.4 is 0 Å². The van der Waals surface area contributed by atoms with Gasteiger partial charge in [0.2, 0.25) is 0 Å². The number of nitrogens with zero attached hydrogens (tertiary/aromatic N) is 1. The SMILES string of the molecule is CC(O)CCN1CCC(CO)CC1. The highest BCUT2D eigenvalue weighted by atomic mass is 16.3. The van der Waals surface area contributed by atoms with Gasteiger partial charge in [-0.15, -0.1) is 0 Å². The van der Waals surface area contributed by atoms with Gasteiger partial charge in [0.15, 0.2) is 0 Å². The number of aliphatic hydroxyl groups excluding tert-OH is 2. The molecule has 13 heavy (non-hydrogen) atoms. The minimum Gasteiger partial charge on any atom is -0.396 e. The number of hydrogen-bond donors (Lipinski definition) is 2. The third kappa shape index (κ3) is 4.07. The van der Waals surface area contributed by atoms with Crippen molar-refractivity contribution in [3.8, 4) is 0 Å². The highest BCUT2D eigenvalue weighted by Gasteiger charge is 2.17. The summed E-state index contributed by atoms with van der Waals surface area (Å²) in [5.74, 6) is 0.516. The molecule has 1 aliphatic rings. The van der Waals surface area contributed by atoms with Crippen LogP contribution in [0.4, 0.5) is 0 Å². The molecule has 1 fully saturated rings. The van der Waals surface area contributed by atoms with Crippen molar-refractivity contribution in [3.05, 3.63) is 0 Å². The van der Waals surface area contributed by atoms with E-state index in [4.69, 9.17) is 10.2 Å². The molecule has 0 radical (unpaired) electrons. The van der Waals surface area contributed by atoms with Crippen LogP contribution in [0.25, 0.3) is 0 Å². The van der Waals surface area contributed by atoms with Gasteiger partial charge in [-0.2, -0.15) is 0 Å².